The van der Waals surface area contributed by atoms with Crippen LogP contribution < -0.4 is 0 Å². The van der Waals surface area contributed by atoms with Gasteiger partial charge < -0.3 is 4.42 Å². The van der Waals surface area contributed by atoms with Gasteiger partial charge in [0.05, 0.1) is 16.4 Å². The zero-order valence-corrected chi connectivity index (χ0v) is 8.66. The van der Waals surface area contributed by atoms with Crippen LogP contribution in [0.1, 0.15) is 0 Å². The smallest absolute Gasteiger partial charge is 0.230 e. The van der Waals surface area contributed by atoms with E-state index in [4.69, 9.17) is 4.42 Å². The fourth-order valence-electron chi connectivity index (χ4n) is 1.98. The monoisotopic (exact) mass is 222 g/mol. The lowest BCUT2D eigenvalue weighted by molar-refractivity contribution is 0.653. The van der Waals surface area contributed by atoms with E-state index >= 15 is 0 Å². The molecule has 1 aromatic carbocycles. The SMILES string of the molecule is c1cnc2cc3c(cc2n1)oc1ncncc13. The van der Waals surface area contributed by atoms with Crippen LogP contribution in [0.3, 0.4) is 0 Å². The van der Waals surface area contributed by atoms with Gasteiger partial charge in [0.1, 0.15) is 11.9 Å². The van der Waals surface area contributed by atoms with Crippen molar-refractivity contribution in [2.75, 3.05) is 0 Å². The predicted octanol–water partition coefficient (Wildman–Crippen LogP) is 2.32. The lowest BCUT2D eigenvalue weighted by atomic mass is 10.2. The zero-order chi connectivity index (χ0) is 11.2. The molecule has 0 aliphatic rings. The second-order valence-corrected chi connectivity index (χ2v) is 3.74. The first-order chi connectivity index (χ1) is 8.42. The topological polar surface area (TPSA) is 64.7 Å². The Hall–Kier alpha value is -2.56. The van der Waals surface area contributed by atoms with Crippen molar-refractivity contribution >= 4 is 33.1 Å². The van der Waals surface area contributed by atoms with Gasteiger partial charge in [0.2, 0.25) is 5.71 Å². The molecule has 80 valence electrons. The van der Waals surface area contributed by atoms with Crippen LogP contribution in [-0.4, -0.2) is 19.9 Å². The molecule has 3 aromatic heterocycles. The normalized spacial score (nSPS) is 11.5. The second-order valence-electron chi connectivity index (χ2n) is 3.74. The van der Waals surface area contributed by atoms with E-state index < -0.39 is 0 Å². The van der Waals surface area contributed by atoms with Crippen LogP contribution in [0.2, 0.25) is 0 Å². The standard InChI is InChI=1S/C12H6N4O/c1-2-15-10-4-11-7(3-9(10)14-1)8-5-13-6-16-12(8)17-11/h1-6H. The Morgan fingerprint density at radius 3 is 2.59 bits per heavy atom. The van der Waals surface area contributed by atoms with Crippen LogP contribution in [0.15, 0.2) is 41.5 Å². The minimum Gasteiger partial charge on any atom is -0.438 e. The van der Waals surface area contributed by atoms with Gasteiger partial charge in [-0.1, -0.05) is 0 Å². The Labute approximate surface area is 95.1 Å². The average molecular weight is 222 g/mol. The van der Waals surface area contributed by atoms with Gasteiger partial charge in [-0.3, -0.25) is 9.97 Å². The van der Waals surface area contributed by atoms with E-state index in [1.54, 1.807) is 18.6 Å². The molecular formula is C12H6N4O. The maximum absolute atomic E-state index is 5.64. The fraction of sp³-hybridized carbons (Fsp3) is 0. The van der Waals surface area contributed by atoms with Crippen molar-refractivity contribution in [2.24, 2.45) is 0 Å². The molecule has 3 heterocycles. The minimum absolute atomic E-state index is 0.588. The summed E-state index contributed by atoms with van der Waals surface area (Å²) in [7, 11) is 0. The van der Waals surface area contributed by atoms with Gasteiger partial charge in [-0.25, -0.2) is 9.97 Å². The largest absolute Gasteiger partial charge is 0.438 e. The summed E-state index contributed by atoms with van der Waals surface area (Å²) in [5, 5.41) is 1.86. The number of hydrogen-bond acceptors (Lipinski definition) is 5. The molecule has 0 aliphatic heterocycles. The number of rotatable bonds is 0. The van der Waals surface area contributed by atoms with E-state index in [0.29, 0.717) is 5.71 Å². The minimum atomic E-state index is 0.588. The molecule has 0 radical (unpaired) electrons. The number of furan rings is 1. The highest BCUT2D eigenvalue weighted by Crippen LogP contribution is 2.28. The number of aromatic nitrogens is 4. The van der Waals surface area contributed by atoms with Crippen molar-refractivity contribution in [3.63, 3.8) is 0 Å². The Kier molecular flexibility index (Phi) is 1.50. The van der Waals surface area contributed by atoms with Crippen molar-refractivity contribution < 1.29 is 4.42 Å². The first-order valence-electron chi connectivity index (χ1n) is 5.15. The molecule has 0 aliphatic carbocycles. The maximum Gasteiger partial charge on any atom is 0.230 e. The lowest BCUT2D eigenvalue weighted by Crippen LogP contribution is -1.81. The van der Waals surface area contributed by atoms with Crippen molar-refractivity contribution in [2.45, 2.75) is 0 Å². The molecule has 0 saturated carbocycles. The number of fused-ring (bicyclic) bond motifs is 4. The highest BCUT2D eigenvalue weighted by atomic mass is 16.3. The van der Waals surface area contributed by atoms with Gasteiger partial charge in [-0.05, 0) is 6.07 Å². The highest BCUT2D eigenvalue weighted by Gasteiger charge is 2.09. The van der Waals surface area contributed by atoms with E-state index in [-0.39, 0.29) is 0 Å². The van der Waals surface area contributed by atoms with E-state index in [1.807, 2.05) is 12.1 Å². The molecule has 0 spiro atoms. The summed E-state index contributed by atoms with van der Waals surface area (Å²) in [6.45, 7) is 0. The lowest BCUT2D eigenvalue weighted by Gasteiger charge is -1.94. The first kappa shape index (κ1) is 8.58. The third kappa shape index (κ3) is 1.13. The Morgan fingerprint density at radius 2 is 1.71 bits per heavy atom. The van der Waals surface area contributed by atoms with Crippen molar-refractivity contribution in [3.8, 4) is 0 Å². The Bertz CT molecular complexity index is 847. The predicted molar refractivity (Wildman–Crippen MR) is 62.4 cm³/mol. The van der Waals surface area contributed by atoms with Crippen LogP contribution in [0.4, 0.5) is 0 Å². The highest BCUT2D eigenvalue weighted by molar-refractivity contribution is 6.07. The maximum atomic E-state index is 5.64. The molecule has 0 bridgehead atoms. The molecule has 0 saturated heterocycles. The zero-order valence-electron chi connectivity index (χ0n) is 8.66. The molecule has 0 amide bonds. The van der Waals surface area contributed by atoms with E-state index in [2.05, 4.69) is 19.9 Å². The summed E-state index contributed by atoms with van der Waals surface area (Å²) in [6, 6.07) is 3.83. The van der Waals surface area contributed by atoms with Gasteiger partial charge in [-0.2, -0.15) is 0 Å². The average Bonchev–Trinajstić information content (AvgIpc) is 2.73. The quantitative estimate of drug-likeness (QED) is 0.456. The fourth-order valence-corrected chi connectivity index (χ4v) is 1.98. The molecule has 4 rings (SSSR count). The van der Waals surface area contributed by atoms with E-state index in [9.17, 15) is 0 Å². The van der Waals surface area contributed by atoms with Crippen molar-refractivity contribution in [3.05, 3.63) is 37.1 Å². The summed E-state index contributed by atoms with van der Waals surface area (Å²) in [5.41, 5.74) is 3.00. The summed E-state index contributed by atoms with van der Waals surface area (Å²) >= 11 is 0. The Morgan fingerprint density at radius 1 is 0.882 bits per heavy atom. The molecule has 0 atom stereocenters. The molecule has 0 N–H and O–H groups in total. The van der Waals surface area contributed by atoms with E-state index in [0.717, 1.165) is 27.4 Å². The van der Waals surface area contributed by atoms with Crippen LogP contribution in [0, 0.1) is 0 Å². The van der Waals surface area contributed by atoms with Gasteiger partial charge in [0, 0.05) is 30.0 Å². The van der Waals surface area contributed by atoms with Crippen LogP contribution in [0.25, 0.3) is 33.1 Å². The summed E-state index contributed by atoms with van der Waals surface area (Å²) < 4.78 is 5.64. The molecule has 0 unspecified atom stereocenters. The molecule has 4 aromatic rings. The molecular weight excluding hydrogens is 216 g/mol. The summed E-state index contributed by atoms with van der Waals surface area (Å²) in [5.74, 6) is 0. The number of nitrogens with zero attached hydrogens (tertiary/aromatic N) is 4. The Balaban J connectivity index is 2.28. The van der Waals surface area contributed by atoms with Crippen molar-refractivity contribution in [1.29, 1.82) is 0 Å². The molecule has 5 heteroatoms. The molecule has 17 heavy (non-hydrogen) atoms. The van der Waals surface area contributed by atoms with Crippen LogP contribution in [0.5, 0.6) is 0 Å². The van der Waals surface area contributed by atoms with E-state index in [1.165, 1.54) is 6.33 Å². The second kappa shape index (κ2) is 2.98. The summed E-state index contributed by atoms with van der Waals surface area (Å²) in [6.07, 6.45) is 6.56. The molecule has 0 fully saturated rings. The summed E-state index contributed by atoms with van der Waals surface area (Å²) in [4.78, 5) is 16.6. The molecule has 5 nitrogen and oxygen atoms in total. The van der Waals surface area contributed by atoms with Crippen molar-refractivity contribution in [1.82, 2.24) is 19.9 Å². The van der Waals surface area contributed by atoms with Gasteiger partial charge in [-0.15, -0.1) is 0 Å². The van der Waals surface area contributed by atoms with Gasteiger partial charge in [0.25, 0.3) is 0 Å². The van der Waals surface area contributed by atoms with Crippen LogP contribution >= 0.6 is 0 Å². The van der Waals surface area contributed by atoms with Gasteiger partial charge in [0.15, 0.2) is 0 Å². The third-order valence-electron chi connectivity index (χ3n) is 2.74. The van der Waals surface area contributed by atoms with Gasteiger partial charge >= 0.3 is 0 Å². The first-order valence-corrected chi connectivity index (χ1v) is 5.15. The third-order valence-corrected chi connectivity index (χ3v) is 2.74. The van der Waals surface area contributed by atoms with Crippen LogP contribution in [-0.2, 0) is 0 Å². The number of hydrogen-bond donors (Lipinski definition) is 0. The number of benzene rings is 1.